The fraction of sp³-hybridized carbons (Fsp3) is 0.0556. The summed E-state index contributed by atoms with van der Waals surface area (Å²) in [6.45, 7) is 2.06. The Morgan fingerprint density at radius 1 is 0.800 bits per heavy atom. The van der Waals surface area contributed by atoms with Crippen molar-refractivity contribution >= 4 is 22.2 Å². The molecule has 0 atom stereocenters. The summed E-state index contributed by atoms with van der Waals surface area (Å²) in [5.74, 6) is 0.0208. The van der Waals surface area contributed by atoms with Gasteiger partial charge in [0.15, 0.2) is 5.78 Å². The highest BCUT2D eigenvalue weighted by Gasteiger charge is 2.09. The van der Waals surface area contributed by atoms with Crippen molar-refractivity contribution in [3.8, 4) is 0 Å². The van der Waals surface area contributed by atoms with E-state index in [0.29, 0.717) is 16.8 Å². The summed E-state index contributed by atoms with van der Waals surface area (Å²) in [5.41, 5.74) is 8.88. The molecule has 0 heterocycles. The van der Waals surface area contributed by atoms with Gasteiger partial charge in [-0.2, -0.15) is 0 Å². The zero-order valence-electron chi connectivity index (χ0n) is 11.3. The van der Waals surface area contributed by atoms with E-state index >= 15 is 0 Å². The molecule has 0 bridgehead atoms. The van der Waals surface area contributed by atoms with Crippen molar-refractivity contribution in [2.75, 3.05) is 5.73 Å². The van der Waals surface area contributed by atoms with Crippen LogP contribution < -0.4 is 5.73 Å². The summed E-state index contributed by atoms with van der Waals surface area (Å²) in [6.07, 6.45) is 0. The molecule has 0 aliphatic heterocycles. The SMILES string of the molecule is Cc1ccc2cc(C(=O)c3ccc(N)cc3)ccc2c1. The number of ketones is 1. The van der Waals surface area contributed by atoms with Gasteiger partial charge in [0, 0.05) is 16.8 Å². The highest BCUT2D eigenvalue weighted by Crippen LogP contribution is 2.20. The normalized spacial score (nSPS) is 10.7. The molecule has 3 aromatic carbocycles. The predicted octanol–water partition coefficient (Wildman–Crippen LogP) is 3.96. The topological polar surface area (TPSA) is 43.1 Å². The molecular formula is C18H15NO. The number of carbonyl (C=O) groups excluding carboxylic acids is 1. The molecule has 0 saturated heterocycles. The first-order valence-corrected chi connectivity index (χ1v) is 6.54. The number of benzene rings is 3. The van der Waals surface area contributed by atoms with Crippen LogP contribution in [-0.4, -0.2) is 5.78 Å². The van der Waals surface area contributed by atoms with Crippen LogP contribution in [0.4, 0.5) is 5.69 Å². The van der Waals surface area contributed by atoms with Gasteiger partial charge in [-0.05, 0) is 48.0 Å². The molecule has 0 aliphatic rings. The van der Waals surface area contributed by atoms with Gasteiger partial charge in [0.1, 0.15) is 0 Å². The lowest BCUT2D eigenvalue weighted by molar-refractivity contribution is 0.103. The van der Waals surface area contributed by atoms with Crippen LogP contribution >= 0.6 is 0 Å². The second-order valence-corrected chi connectivity index (χ2v) is 5.02. The monoisotopic (exact) mass is 261 g/mol. The van der Waals surface area contributed by atoms with Gasteiger partial charge in [-0.15, -0.1) is 0 Å². The number of anilines is 1. The fourth-order valence-corrected chi connectivity index (χ4v) is 2.31. The number of fused-ring (bicyclic) bond motifs is 1. The van der Waals surface area contributed by atoms with Gasteiger partial charge in [0.05, 0.1) is 0 Å². The van der Waals surface area contributed by atoms with E-state index in [-0.39, 0.29) is 5.78 Å². The first kappa shape index (κ1) is 12.4. The van der Waals surface area contributed by atoms with E-state index in [4.69, 9.17) is 5.73 Å². The first-order valence-electron chi connectivity index (χ1n) is 6.54. The Hall–Kier alpha value is -2.61. The van der Waals surface area contributed by atoms with E-state index < -0.39 is 0 Å². The minimum Gasteiger partial charge on any atom is -0.399 e. The molecule has 2 N–H and O–H groups in total. The summed E-state index contributed by atoms with van der Waals surface area (Å²) >= 11 is 0. The molecule has 3 aromatic rings. The molecule has 0 amide bonds. The zero-order chi connectivity index (χ0) is 14.1. The second kappa shape index (κ2) is 4.82. The number of nitrogen functional groups attached to an aromatic ring is 1. The van der Waals surface area contributed by atoms with Crippen molar-refractivity contribution in [2.24, 2.45) is 0 Å². The maximum Gasteiger partial charge on any atom is 0.193 e. The van der Waals surface area contributed by atoms with Gasteiger partial charge < -0.3 is 5.73 Å². The van der Waals surface area contributed by atoms with E-state index in [1.54, 1.807) is 24.3 Å². The highest BCUT2D eigenvalue weighted by atomic mass is 16.1. The molecular weight excluding hydrogens is 246 g/mol. The highest BCUT2D eigenvalue weighted by molar-refractivity contribution is 6.10. The van der Waals surface area contributed by atoms with E-state index in [1.165, 1.54) is 5.56 Å². The van der Waals surface area contributed by atoms with Gasteiger partial charge in [0.2, 0.25) is 0 Å². The molecule has 0 fully saturated rings. The Morgan fingerprint density at radius 2 is 1.40 bits per heavy atom. The molecule has 0 saturated carbocycles. The lowest BCUT2D eigenvalue weighted by Crippen LogP contribution is -2.01. The van der Waals surface area contributed by atoms with Gasteiger partial charge in [-0.25, -0.2) is 0 Å². The standard InChI is InChI=1S/C18H15NO/c1-12-2-3-15-11-16(5-4-14(15)10-12)18(20)13-6-8-17(19)9-7-13/h2-11H,19H2,1H3. The van der Waals surface area contributed by atoms with E-state index in [2.05, 4.69) is 19.1 Å². The smallest absolute Gasteiger partial charge is 0.193 e. The summed E-state index contributed by atoms with van der Waals surface area (Å²) < 4.78 is 0. The number of carbonyl (C=O) groups is 1. The van der Waals surface area contributed by atoms with Crippen molar-refractivity contribution in [3.63, 3.8) is 0 Å². The van der Waals surface area contributed by atoms with Crippen LogP contribution in [0.25, 0.3) is 10.8 Å². The molecule has 2 nitrogen and oxygen atoms in total. The number of hydrogen-bond acceptors (Lipinski definition) is 2. The first-order chi connectivity index (χ1) is 9.63. The van der Waals surface area contributed by atoms with E-state index in [1.807, 2.05) is 24.3 Å². The third kappa shape index (κ3) is 2.28. The van der Waals surface area contributed by atoms with Crippen molar-refractivity contribution in [1.82, 2.24) is 0 Å². The molecule has 2 heteroatoms. The molecule has 0 spiro atoms. The van der Waals surface area contributed by atoms with Crippen LogP contribution in [0.15, 0.2) is 60.7 Å². The predicted molar refractivity (Wildman–Crippen MR) is 83.0 cm³/mol. The van der Waals surface area contributed by atoms with Gasteiger partial charge in [0.25, 0.3) is 0 Å². The van der Waals surface area contributed by atoms with Crippen LogP contribution in [0, 0.1) is 6.92 Å². The Morgan fingerprint density at radius 3 is 2.15 bits per heavy atom. The Bertz CT molecular complexity index is 788. The van der Waals surface area contributed by atoms with Crippen LogP contribution in [-0.2, 0) is 0 Å². The molecule has 0 unspecified atom stereocenters. The largest absolute Gasteiger partial charge is 0.399 e. The number of hydrogen-bond donors (Lipinski definition) is 1. The Balaban J connectivity index is 2.03. The van der Waals surface area contributed by atoms with Gasteiger partial charge in [-0.3, -0.25) is 4.79 Å². The molecule has 98 valence electrons. The lowest BCUT2D eigenvalue weighted by atomic mass is 9.99. The van der Waals surface area contributed by atoms with Crippen LogP contribution in [0.1, 0.15) is 21.5 Å². The van der Waals surface area contributed by atoms with E-state index in [9.17, 15) is 4.79 Å². The van der Waals surface area contributed by atoms with Crippen LogP contribution in [0.2, 0.25) is 0 Å². The van der Waals surface area contributed by atoms with Crippen LogP contribution in [0.3, 0.4) is 0 Å². The minimum absolute atomic E-state index is 0.0208. The minimum atomic E-state index is 0.0208. The van der Waals surface area contributed by atoms with Crippen molar-refractivity contribution in [2.45, 2.75) is 6.92 Å². The van der Waals surface area contributed by atoms with Crippen molar-refractivity contribution in [1.29, 1.82) is 0 Å². The Kier molecular flexibility index (Phi) is 2.99. The third-order valence-corrected chi connectivity index (χ3v) is 3.43. The third-order valence-electron chi connectivity index (χ3n) is 3.43. The van der Waals surface area contributed by atoms with Crippen LogP contribution in [0.5, 0.6) is 0 Å². The molecule has 20 heavy (non-hydrogen) atoms. The average molecular weight is 261 g/mol. The maximum atomic E-state index is 12.4. The summed E-state index contributed by atoms with van der Waals surface area (Å²) in [7, 11) is 0. The Labute approximate surface area is 117 Å². The lowest BCUT2D eigenvalue weighted by Gasteiger charge is -2.05. The number of rotatable bonds is 2. The maximum absolute atomic E-state index is 12.4. The fourth-order valence-electron chi connectivity index (χ4n) is 2.31. The number of nitrogens with two attached hydrogens (primary N) is 1. The number of aryl methyl sites for hydroxylation is 1. The quantitative estimate of drug-likeness (QED) is 0.560. The van der Waals surface area contributed by atoms with Gasteiger partial charge >= 0.3 is 0 Å². The zero-order valence-corrected chi connectivity index (χ0v) is 11.3. The molecule has 0 aromatic heterocycles. The summed E-state index contributed by atoms with van der Waals surface area (Å²) in [4.78, 5) is 12.4. The molecule has 0 aliphatic carbocycles. The van der Waals surface area contributed by atoms with Crippen molar-refractivity contribution in [3.05, 3.63) is 77.4 Å². The summed E-state index contributed by atoms with van der Waals surface area (Å²) in [5, 5.41) is 2.23. The summed E-state index contributed by atoms with van der Waals surface area (Å²) in [6, 6.07) is 19.0. The van der Waals surface area contributed by atoms with E-state index in [0.717, 1.165) is 10.8 Å². The van der Waals surface area contributed by atoms with Crippen molar-refractivity contribution < 1.29 is 4.79 Å². The second-order valence-electron chi connectivity index (χ2n) is 5.02. The molecule has 3 rings (SSSR count). The molecule has 0 radical (unpaired) electrons. The van der Waals surface area contributed by atoms with Gasteiger partial charge in [-0.1, -0.05) is 35.9 Å². The average Bonchev–Trinajstić information content (AvgIpc) is 2.47.